The molecular weight excluding hydrogens is 380 g/mol. The van der Waals surface area contributed by atoms with Gasteiger partial charge in [-0.15, -0.1) is 0 Å². The fourth-order valence-electron chi connectivity index (χ4n) is 3.57. The molecule has 1 aromatic heterocycles. The Hall–Kier alpha value is -3.61. The van der Waals surface area contributed by atoms with Gasteiger partial charge in [-0.25, -0.2) is 4.68 Å². The zero-order chi connectivity index (χ0) is 20.9. The predicted molar refractivity (Wildman–Crippen MR) is 114 cm³/mol. The van der Waals surface area contributed by atoms with Crippen LogP contribution in [0.5, 0.6) is 5.75 Å². The molecule has 0 atom stereocenters. The lowest BCUT2D eigenvalue weighted by molar-refractivity contribution is -0.129. The van der Waals surface area contributed by atoms with Gasteiger partial charge in [-0.05, 0) is 37.1 Å². The van der Waals surface area contributed by atoms with Crippen LogP contribution in [0.25, 0.3) is 16.9 Å². The van der Waals surface area contributed by atoms with E-state index in [2.05, 4.69) is 10.4 Å². The van der Waals surface area contributed by atoms with E-state index < -0.39 is 0 Å². The Kier molecular flexibility index (Phi) is 5.79. The van der Waals surface area contributed by atoms with Gasteiger partial charge < -0.3 is 15.0 Å². The third kappa shape index (κ3) is 4.20. The van der Waals surface area contributed by atoms with Crippen LogP contribution in [-0.2, 0) is 4.79 Å². The highest BCUT2D eigenvalue weighted by molar-refractivity contribution is 6.01. The summed E-state index contributed by atoms with van der Waals surface area (Å²) in [6.07, 6.45) is 3.73. The predicted octanol–water partition coefficient (Wildman–Crippen LogP) is 2.90. The summed E-state index contributed by atoms with van der Waals surface area (Å²) in [6, 6.07) is 17.0. The number of amides is 2. The number of para-hydroxylation sites is 1. The Morgan fingerprint density at radius 2 is 1.83 bits per heavy atom. The van der Waals surface area contributed by atoms with Crippen molar-refractivity contribution >= 4 is 11.8 Å². The standard InChI is InChI=1S/C23H24N4O3/c1-30-19-11-7-8-17(14-19)22-20(16-27(25-22)18-9-3-2-4-10-18)23(29)24-15-21(28)26-12-5-6-13-26/h2-4,7-11,14,16H,5-6,12-13,15H2,1H3,(H,24,29). The van der Waals surface area contributed by atoms with Crippen molar-refractivity contribution in [1.82, 2.24) is 20.0 Å². The number of nitrogens with one attached hydrogen (secondary N) is 1. The number of hydrogen-bond acceptors (Lipinski definition) is 4. The van der Waals surface area contributed by atoms with Gasteiger partial charge in [0.2, 0.25) is 5.91 Å². The lowest BCUT2D eigenvalue weighted by atomic mass is 10.1. The number of likely N-dealkylation sites (tertiary alicyclic amines) is 1. The van der Waals surface area contributed by atoms with Crippen LogP contribution in [0.15, 0.2) is 60.8 Å². The molecule has 2 heterocycles. The van der Waals surface area contributed by atoms with Crippen molar-refractivity contribution in [1.29, 1.82) is 0 Å². The maximum atomic E-state index is 13.0. The molecule has 1 fully saturated rings. The molecule has 2 amide bonds. The van der Waals surface area contributed by atoms with Crippen molar-refractivity contribution in [2.45, 2.75) is 12.8 Å². The van der Waals surface area contributed by atoms with Gasteiger partial charge in [-0.3, -0.25) is 9.59 Å². The molecule has 1 aliphatic rings. The second-order valence-corrected chi connectivity index (χ2v) is 7.17. The monoisotopic (exact) mass is 404 g/mol. The van der Waals surface area contributed by atoms with Crippen molar-refractivity contribution in [3.63, 3.8) is 0 Å². The molecular formula is C23H24N4O3. The molecule has 154 valence electrons. The quantitative estimate of drug-likeness (QED) is 0.685. The normalized spacial score (nSPS) is 13.3. The second kappa shape index (κ2) is 8.82. The summed E-state index contributed by atoms with van der Waals surface area (Å²) >= 11 is 0. The third-order valence-electron chi connectivity index (χ3n) is 5.18. The molecule has 0 aliphatic carbocycles. The van der Waals surface area contributed by atoms with Crippen molar-refractivity contribution < 1.29 is 14.3 Å². The zero-order valence-electron chi connectivity index (χ0n) is 16.9. The largest absolute Gasteiger partial charge is 0.497 e. The van der Waals surface area contributed by atoms with Crippen LogP contribution in [0.4, 0.5) is 0 Å². The van der Waals surface area contributed by atoms with Crippen molar-refractivity contribution in [2.24, 2.45) is 0 Å². The number of hydrogen-bond donors (Lipinski definition) is 1. The second-order valence-electron chi connectivity index (χ2n) is 7.17. The van der Waals surface area contributed by atoms with Crippen LogP contribution in [-0.4, -0.2) is 53.2 Å². The Morgan fingerprint density at radius 3 is 2.57 bits per heavy atom. The summed E-state index contributed by atoms with van der Waals surface area (Å²) in [7, 11) is 1.60. The topological polar surface area (TPSA) is 76.5 Å². The molecule has 0 bridgehead atoms. The molecule has 7 heteroatoms. The van der Waals surface area contributed by atoms with E-state index in [1.807, 2.05) is 54.6 Å². The van der Waals surface area contributed by atoms with E-state index in [9.17, 15) is 9.59 Å². The van der Waals surface area contributed by atoms with E-state index in [1.165, 1.54) is 0 Å². The lowest BCUT2D eigenvalue weighted by Gasteiger charge is -2.15. The van der Waals surface area contributed by atoms with Gasteiger partial charge in [0.1, 0.15) is 11.4 Å². The van der Waals surface area contributed by atoms with Gasteiger partial charge in [0.05, 0.1) is 24.9 Å². The molecule has 0 spiro atoms. The van der Waals surface area contributed by atoms with Gasteiger partial charge in [0.15, 0.2) is 0 Å². The number of methoxy groups -OCH3 is 1. The molecule has 4 rings (SSSR count). The Labute approximate surface area is 175 Å². The van der Waals surface area contributed by atoms with E-state index in [4.69, 9.17) is 4.74 Å². The minimum absolute atomic E-state index is 0.0209. The first-order chi connectivity index (χ1) is 14.7. The van der Waals surface area contributed by atoms with Crippen molar-refractivity contribution in [3.8, 4) is 22.7 Å². The Morgan fingerprint density at radius 1 is 1.07 bits per heavy atom. The van der Waals surface area contributed by atoms with Crippen LogP contribution >= 0.6 is 0 Å². The number of ether oxygens (including phenoxy) is 1. The SMILES string of the molecule is COc1cccc(-c2nn(-c3ccccc3)cc2C(=O)NCC(=O)N2CCCC2)c1. The Bertz CT molecular complexity index is 1040. The van der Waals surface area contributed by atoms with Gasteiger partial charge in [-0.1, -0.05) is 30.3 Å². The first kappa shape index (κ1) is 19.7. The fraction of sp³-hybridized carbons (Fsp3) is 0.261. The summed E-state index contributed by atoms with van der Waals surface area (Å²) in [6.45, 7) is 1.50. The number of carbonyl (C=O) groups excluding carboxylic acids is 2. The maximum absolute atomic E-state index is 13.0. The highest BCUT2D eigenvalue weighted by atomic mass is 16.5. The average molecular weight is 404 g/mol. The molecule has 1 N–H and O–H groups in total. The molecule has 30 heavy (non-hydrogen) atoms. The van der Waals surface area contributed by atoms with E-state index in [1.54, 1.807) is 22.9 Å². The average Bonchev–Trinajstić information content (AvgIpc) is 3.48. The summed E-state index contributed by atoms with van der Waals surface area (Å²) in [5.74, 6) is 0.291. The van der Waals surface area contributed by atoms with Crippen LogP contribution < -0.4 is 10.1 Å². The van der Waals surface area contributed by atoms with Crippen molar-refractivity contribution in [3.05, 3.63) is 66.4 Å². The highest BCUT2D eigenvalue weighted by Crippen LogP contribution is 2.27. The zero-order valence-corrected chi connectivity index (χ0v) is 16.9. The molecule has 3 aromatic rings. The van der Waals surface area contributed by atoms with Crippen molar-refractivity contribution in [2.75, 3.05) is 26.7 Å². The van der Waals surface area contributed by atoms with E-state index in [-0.39, 0.29) is 18.4 Å². The minimum Gasteiger partial charge on any atom is -0.497 e. The Balaban J connectivity index is 1.63. The number of benzene rings is 2. The first-order valence-corrected chi connectivity index (χ1v) is 10.0. The van der Waals surface area contributed by atoms with E-state index in [0.717, 1.165) is 37.2 Å². The molecule has 0 saturated carbocycles. The number of aromatic nitrogens is 2. The van der Waals surface area contributed by atoms with E-state index in [0.29, 0.717) is 17.0 Å². The van der Waals surface area contributed by atoms with Gasteiger partial charge >= 0.3 is 0 Å². The molecule has 0 radical (unpaired) electrons. The molecule has 7 nitrogen and oxygen atoms in total. The smallest absolute Gasteiger partial charge is 0.255 e. The number of nitrogens with zero attached hydrogens (tertiary/aromatic N) is 3. The van der Waals surface area contributed by atoms with Crippen LogP contribution in [0.2, 0.25) is 0 Å². The van der Waals surface area contributed by atoms with Crippen LogP contribution in [0, 0.1) is 0 Å². The highest BCUT2D eigenvalue weighted by Gasteiger charge is 2.22. The van der Waals surface area contributed by atoms with Gasteiger partial charge in [-0.2, -0.15) is 5.10 Å². The molecule has 1 saturated heterocycles. The first-order valence-electron chi connectivity index (χ1n) is 10.0. The van der Waals surface area contributed by atoms with Gasteiger partial charge in [0, 0.05) is 24.8 Å². The molecule has 1 aliphatic heterocycles. The summed E-state index contributed by atoms with van der Waals surface area (Å²) in [5, 5.41) is 7.42. The maximum Gasteiger partial charge on any atom is 0.255 e. The minimum atomic E-state index is -0.331. The van der Waals surface area contributed by atoms with Crippen LogP contribution in [0.3, 0.4) is 0 Å². The number of carbonyl (C=O) groups is 2. The van der Waals surface area contributed by atoms with Crippen LogP contribution in [0.1, 0.15) is 23.2 Å². The lowest BCUT2D eigenvalue weighted by Crippen LogP contribution is -2.38. The van der Waals surface area contributed by atoms with E-state index >= 15 is 0 Å². The third-order valence-corrected chi connectivity index (χ3v) is 5.18. The molecule has 0 unspecified atom stereocenters. The molecule has 2 aromatic carbocycles. The van der Waals surface area contributed by atoms with Gasteiger partial charge in [0.25, 0.3) is 5.91 Å². The number of rotatable bonds is 6. The summed E-state index contributed by atoms with van der Waals surface area (Å²) in [5.41, 5.74) is 2.54. The summed E-state index contributed by atoms with van der Waals surface area (Å²) in [4.78, 5) is 27.1. The summed E-state index contributed by atoms with van der Waals surface area (Å²) < 4.78 is 6.99. The fourth-order valence-corrected chi connectivity index (χ4v) is 3.57.